The van der Waals surface area contributed by atoms with E-state index >= 15 is 0 Å². The predicted octanol–water partition coefficient (Wildman–Crippen LogP) is 8.70. The molecule has 0 bridgehead atoms. The number of carbonyl (C=O) groups excluding carboxylic acids is 4. The molecule has 0 atom stereocenters. The molecule has 18 heteroatoms. The van der Waals surface area contributed by atoms with Crippen LogP contribution < -0.4 is 21.7 Å². The molecule has 0 saturated heterocycles. The zero-order valence-electron chi connectivity index (χ0n) is 38.5. The maximum Gasteiger partial charge on any atom is 0.319 e. The molecule has 0 unspecified atom stereocenters. The molecule has 0 radical (unpaired) electrons. The van der Waals surface area contributed by atoms with Gasteiger partial charge in [-0.1, -0.05) is 30.8 Å². The predicted molar refractivity (Wildman–Crippen MR) is 272 cm³/mol. The van der Waals surface area contributed by atoms with Crippen LogP contribution >= 0.6 is 45.3 Å². The van der Waals surface area contributed by atoms with Crippen LogP contribution in [0.5, 0.6) is 0 Å². The van der Waals surface area contributed by atoms with Gasteiger partial charge in [0.1, 0.15) is 20.0 Å². The molecule has 2 aliphatic rings. The average molecular weight is 973 g/mol. The smallest absolute Gasteiger partial charge is 0.319 e. The van der Waals surface area contributed by atoms with Crippen LogP contribution in [0.25, 0.3) is 41.6 Å². The molecule has 4 aromatic heterocycles. The number of fused-ring (bicyclic) bond motifs is 4. The van der Waals surface area contributed by atoms with Gasteiger partial charge in [-0.25, -0.2) is 9.97 Å². The lowest BCUT2D eigenvalue weighted by atomic mass is 10.0. The molecular weight excluding hydrogens is 913 g/mol. The van der Waals surface area contributed by atoms with Gasteiger partial charge in [0, 0.05) is 72.1 Å². The Kier molecular flexibility index (Phi) is 18.5. The summed E-state index contributed by atoms with van der Waals surface area (Å²) in [6, 6.07) is 17.3. The van der Waals surface area contributed by atoms with Gasteiger partial charge < -0.3 is 31.2 Å². The van der Waals surface area contributed by atoms with Crippen LogP contribution in [0.4, 0.5) is 10.0 Å². The Morgan fingerprint density at radius 3 is 1.67 bits per heavy atom. The van der Waals surface area contributed by atoms with Gasteiger partial charge in [0.2, 0.25) is 11.8 Å². The fourth-order valence-electron chi connectivity index (χ4n) is 7.49. The largest absolute Gasteiger partial charge is 0.465 e. The number of aromatic nitrogens is 2. The summed E-state index contributed by atoms with van der Waals surface area (Å²) in [7, 11) is 0. The maximum absolute atomic E-state index is 12.7. The minimum absolute atomic E-state index is 0.0200. The fraction of sp³-hybridized carbons (Fsp3) is 0.417. The third kappa shape index (κ3) is 12.9. The fourth-order valence-corrected chi connectivity index (χ4v) is 12.3. The molecule has 352 valence electrons. The zero-order valence-corrected chi connectivity index (χ0v) is 41.8. The van der Waals surface area contributed by atoms with E-state index < -0.39 is 0 Å². The number of nitrogens with two attached hydrogens (primary N) is 1. The van der Waals surface area contributed by atoms with Crippen molar-refractivity contribution in [2.24, 2.45) is 5.73 Å². The summed E-state index contributed by atoms with van der Waals surface area (Å²) in [6.45, 7) is 21.1. The van der Waals surface area contributed by atoms with E-state index in [0.29, 0.717) is 31.8 Å². The Morgan fingerprint density at radius 2 is 1.23 bits per heavy atom. The number of ether oxygens (including phenoxy) is 2. The lowest BCUT2D eigenvalue weighted by Gasteiger charge is -2.30. The minimum atomic E-state index is -0.345. The third-order valence-corrected chi connectivity index (χ3v) is 15.3. The molecule has 8 rings (SSSR count). The first kappa shape index (κ1) is 50.5. The topological polar surface area (TPSA) is 181 Å². The number of nitrogens with one attached hydrogen (secondary N) is 3. The normalized spacial score (nSPS) is 13.6. The lowest BCUT2D eigenvalue weighted by Crippen LogP contribution is -2.35. The van der Waals surface area contributed by atoms with Gasteiger partial charge >= 0.3 is 11.9 Å². The number of benzene rings is 2. The van der Waals surface area contributed by atoms with Crippen LogP contribution in [0, 0.1) is 0 Å². The molecule has 0 fully saturated rings. The van der Waals surface area contributed by atoms with Gasteiger partial charge in [-0.15, -0.1) is 45.3 Å². The highest BCUT2D eigenvalue weighted by atomic mass is 32.1. The van der Waals surface area contributed by atoms with E-state index in [9.17, 15) is 19.2 Å². The van der Waals surface area contributed by atoms with Crippen molar-refractivity contribution in [3.63, 3.8) is 0 Å². The molecule has 14 nitrogen and oxygen atoms in total. The molecule has 0 aliphatic carbocycles. The molecular formula is C48H60N8O6S4. The van der Waals surface area contributed by atoms with Crippen molar-refractivity contribution in [3.05, 3.63) is 82.1 Å². The minimum Gasteiger partial charge on any atom is -0.465 e. The second-order valence-corrected chi connectivity index (χ2v) is 20.3. The summed E-state index contributed by atoms with van der Waals surface area (Å²) < 4.78 is 11.6. The number of thiophene rings is 2. The molecule has 2 aromatic carbocycles. The Hall–Kier alpha value is -4.92. The Labute approximate surface area is 402 Å². The van der Waals surface area contributed by atoms with Gasteiger partial charge in [0.15, 0.2) is 0 Å². The zero-order chi connectivity index (χ0) is 47.3. The number of carbonyl (C=O) groups is 4. The molecule has 2 amide bonds. The first-order valence-electron chi connectivity index (χ1n) is 22.3. The summed E-state index contributed by atoms with van der Waals surface area (Å²) in [4.78, 5) is 63.5. The summed E-state index contributed by atoms with van der Waals surface area (Å²) >= 11 is 6.70. The summed E-state index contributed by atoms with van der Waals surface area (Å²) in [5.74, 6) is -0.904. The number of thiazole rings is 2. The van der Waals surface area contributed by atoms with Gasteiger partial charge in [-0.2, -0.15) is 0 Å². The Bertz CT molecular complexity index is 2560. The van der Waals surface area contributed by atoms with E-state index in [0.717, 1.165) is 85.9 Å². The number of esters is 2. The van der Waals surface area contributed by atoms with Crippen molar-refractivity contribution >= 4 is 99.5 Å². The monoisotopic (exact) mass is 972 g/mol. The molecule has 2 aliphatic heterocycles. The van der Waals surface area contributed by atoms with E-state index in [4.69, 9.17) is 20.4 Å². The van der Waals surface area contributed by atoms with Crippen molar-refractivity contribution in [1.82, 2.24) is 25.1 Å². The van der Waals surface area contributed by atoms with Crippen LogP contribution in [0.15, 0.2) is 61.2 Å². The third-order valence-electron chi connectivity index (χ3n) is 10.9. The van der Waals surface area contributed by atoms with Crippen LogP contribution in [0.2, 0.25) is 0 Å². The number of rotatable bonds is 15. The van der Waals surface area contributed by atoms with Crippen LogP contribution in [-0.4, -0.2) is 102 Å². The van der Waals surface area contributed by atoms with E-state index in [2.05, 4.69) is 76.9 Å². The van der Waals surface area contributed by atoms with E-state index in [1.807, 2.05) is 36.4 Å². The number of hydrogen-bond donors (Lipinski definition) is 4. The molecule has 0 spiro atoms. The standard InChI is InChI=1S/C24H30N4O3S2.C20H21N3OS2.C4H9NO2/c1-4-31-21(30)13-25-11-9-20(29)27-24-22(23-26-17-7-5-6-8-18(17)32-23)16-10-12-28(15(2)3)14-19(16)33-24;1-4-17(24)22-20-18(19-21-14-7-5-6-8-15(14)25-19)13-9-10-23(12(2)3)11-16(13)26-20;1-2-7-4(6)3-5/h5-8,15,25H,4,9-14H2,1-3H3,(H,27,29);4-8,12H,1,9-11H2,2-3H3,(H,22,24);2-3,5H2,1H3. The van der Waals surface area contributed by atoms with Crippen LogP contribution in [0.3, 0.4) is 0 Å². The molecule has 66 heavy (non-hydrogen) atoms. The second kappa shape index (κ2) is 24.2. The van der Waals surface area contributed by atoms with Crippen molar-refractivity contribution < 1.29 is 28.7 Å². The number of nitrogens with zero attached hydrogens (tertiary/aromatic N) is 4. The summed E-state index contributed by atoms with van der Waals surface area (Å²) in [5.41, 5.74) is 11.7. The highest BCUT2D eigenvalue weighted by Crippen LogP contribution is 2.47. The molecule has 6 aromatic rings. The number of hydrogen-bond acceptors (Lipinski definition) is 16. The van der Waals surface area contributed by atoms with Crippen molar-refractivity contribution in [2.75, 3.05) is 56.6 Å². The average Bonchev–Trinajstić information content (AvgIpc) is 4.09. The van der Waals surface area contributed by atoms with E-state index in [1.54, 1.807) is 59.2 Å². The number of para-hydroxylation sites is 2. The van der Waals surface area contributed by atoms with Crippen molar-refractivity contribution in [3.8, 4) is 21.1 Å². The SMILES string of the molecule is C=CC(=O)Nc1sc2c(c1-c1nc3ccccc3s1)CCN(C(C)C)C2.CCOC(=O)CN.CCOC(=O)CNCCC(=O)Nc1sc2c(c1-c1nc3ccccc3s1)CCN(C(C)C)C2. The van der Waals surface area contributed by atoms with Gasteiger partial charge in [-0.05, 0) is 95.9 Å². The van der Waals surface area contributed by atoms with E-state index in [-0.39, 0.29) is 43.3 Å². The van der Waals surface area contributed by atoms with Crippen molar-refractivity contribution in [2.45, 2.75) is 86.0 Å². The highest BCUT2D eigenvalue weighted by molar-refractivity contribution is 7.23. The quantitative estimate of drug-likeness (QED) is 0.0438. The Balaban J connectivity index is 0.000000194. The molecule has 6 heterocycles. The van der Waals surface area contributed by atoms with E-state index in [1.165, 1.54) is 31.7 Å². The maximum atomic E-state index is 12.7. The summed E-state index contributed by atoms with van der Waals surface area (Å²) in [5, 5.41) is 12.8. The van der Waals surface area contributed by atoms with Crippen molar-refractivity contribution in [1.29, 1.82) is 0 Å². The van der Waals surface area contributed by atoms with Gasteiger partial charge in [-0.3, -0.25) is 29.0 Å². The number of amides is 2. The first-order valence-corrected chi connectivity index (χ1v) is 25.5. The lowest BCUT2D eigenvalue weighted by molar-refractivity contribution is -0.142. The van der Waals surface area contributed by atoms with Gasteiger partial charge in [0.05, 0.1) is 46.7 Å². The second-order valence-electron chi connectivity index (χ2n) is 16.0. The van der Waals surface area contributed by atoms with Gasteiger partial charge in [0.25, 0.3) is 0 Å². The van der Waals surface area contributed by atoms with Crippen LogP contribution in [0.1, 0.15) is 68.8 Å². The summed E-state index contributed by atoms with van der Waals surface area (Å²) in [6.07, 6.45) is 3.53. The molecule has 0 saturated carbocycles. The number of anilines is 2. The highest BCUT2D eigenvalue weighted by Gasteiger charge is 2.30. The molecule has 5 N–H and O–H groups in total. The Morgan fingerprint density at radius 1 is 0.742 bits per heavy atom. The van der Waals surface area contributed by atoms with Crippen LogP contribution in [-0.2, 0) is 54.6 Å². The first-order chi connectivity index (χ1) is 31.8.